The number of fused-ring (bicyclic) bond motifs is 1. The fourth-order valence-electron chi connectivity index (χ4n) is 4.33. The fraction of sp³-hybridized carbons (Fsp3) is 0.226. The molecule has 1 aromatic heterocycles. The van der Waals surface area contributed by atoms with E-state index in [1.54, 1.807) is 19.1 Å². The SMILES string of the molecule is C=CS(=O)(=O)CCNc1nc(NCCCC)c(C#N)c(C)c1/N=N/c1ccc(/N=N/c2ccc(S(=O)(=O)O)cc2)c2ccccc12. The van der Waals surface area contributed by atoms with Crippen LogP contribution in [-0.2, 0) is 20.0 Å². The van der Waals surface area contributed by atoms with Crippen LogP contribution in [-0.4, -0.2) is 45.2 Å². The van der Waals surface area contributed by atoms with Gasteiger partial charge in [0.05, 0.1) is 33.3 Å². The second kappa shape index (κ2) is 14.8. The minimum absolute atomic E-state index is 0.0325. The third-order valence-electron chi connectivity index (χ3n) is 6.83. The number of azo groups is 2. The lowest BCUT2D eigenvalue weighted by atomic mass is 10.1. The van der Waals surface area contributed by atoms with Crippen LogP contribution in [0.2, 0.25) is 0 Å². The molecule has 4 aromatic rings. The maximum atomic E-state index is 12.0. The van der Waals surface area contributed by atoms with Gasteiger partial charge in [0, 0.05) is 34.8 Å². The van der Waals surface area contributed by atoms with Crippen LogP contribution >= 0.6 is 0 Å². The first-order valence-corrected chi connectivity index (χ1v) is 17.3. The molecule has 1 heterocycles. The van der Waals surface area contributed by atoms with Gasteiger partial charge in [-0.3, -0.25) is 4.55 Å². The highest BCUT2D eigenvalue weighted by Crippen LogP contribution is 2.38. The van der Waals surface area contributed by atoms with Gasteiger partial charge in [-0.05, 0) is 49.7 Å². The van der Waals surface area contributed by atoms with Crippen LogP contribution in [0, 0.1) is 18.3 Å². The molecule has 46 heavy (non-hydrogen) atoms. The summed E-state index contributed by atoms with van der Waals surface area (Å²) in [5, 5.41) is 36.0. The van der Waals surface area contributed by atoms with Crippen molar-refractivity contribution in [2.45, 2.75) is 31.6 Å². The maximum Gasteiger partial charge on any atom is 0.294 e. The molecule has 0 saturated carbocycles. The van der Waals surface area contributed by atoms with Crippen molar-refractivity contribution in [2.24, 2.45) is 20.5 Å². The van der Waals surface area contributed by atoms with E-state index in [0.717, 1.165) is 18.2 Å². The van der Waals surface area contributed by atoms with Gasteiger partial charge in [-0.25, -0.2) is 13.4 Å². The molecule has 4 rings (SSSR count). The minimum Gasteiger partial charge on any atom is -0.369 e. The van der Waals surface area contributed by atoms with Gasteiger partial charge < -0.3 is 10.6 Å². The molecule has 0 aliphatic carbocycles. The van der Waals surface area contributed by atoms with Gasteiger partial charge in [-0.15, -0.1) is 15.3 Å². The molecule has 0 amide bonds. The number of sulfone groups is 1. The Kier molecular flexibility index (Phi) is 10.9. The molecule has 0 aliphatic heterocycles. The van der Waals surface area contributed by atoms with E-state index in [2.05, 4.69) is 55.6 Å². The molecule has 3 N–H and O–H groups in total. The first-order chi connectivity index (χ1) is 22.0. The summed E-state index contributed by atoms with van der Waals surface area (Å²) in [7, 11) is -7.79. The van der Waals surface area contributed by atoms with Crippen molar-refractivity contribution in [1.82, 2.24) is 4.98 Å². The normalized spacial score (nSPS) is 12.0. The van der Waals surface area contributed by atoms with Crippen LogP contribution in [0.3, 0.4) is 0 Å². The van der Waals surface area contributed by atoms with Crippen molar-refractivity contribution >= 4 is 65.1 Å². The Bertz CT molecular complexity index is 2070. The van der Waals surface area contributed by atoms with Crippen LogP contribution in [0.1, 0.15) is 30.9 Å². The van der Waals surface area contributed by atoms with E-state index in [-0.39, 0.29) is 28.7 Å². The number of unbranched alkanes of at least 4 members (excludes halogenated alkanes) is 1. The molecule has 0 unspecified atom stereocenters. The Morgan fingerprint density at radius 2 is 1.50 bits per heavy atom. The number of rotatable bonds is 14. The maximum absolute atomic E-state index is 12.0. The highest BCUT2D eigenvalue weighted by atomic mass is 32.2. The number of nitriles is 1. The molecular weight excluding hydrogens is 629 g/mol. The Labute approximate surface area is 267 Å². The second-order valence-electron chi connectivity index (χ2n) is 10.0. The van der Waals surface area contributed by atoms with Crippen LogP contribution < -0.4 is 10.6 Å². The second-order valence-corrected chi connectivity index (χ2v) is 13.5. The summed E-state index contributed by atoms with van der Waals surface area (Å²) < 4.78 is 55.8. The summed E-state index contributed by atoms with van der Waals surface area (Å²) in [4.78, 5) is 4.34. The molecule has 3 aromatic carbocycles. The zero-order chi connectivity index (χ0) is 33.3. The quantitative estimate of drug-likeness (QED) is 0.0689. The highest BCUT2D eigenvalue weighted by Gasteiger charge is 2.18. The molecule has 15 heteroatoms. The molecule has 0 atom stereocenters. The summed E-state index contributed by atoms with van der Waals surface area (Å²) in [5.41, 5.74) is 2.50. The first-order valence-electron chi connectivity index (χ1n) is 14.2. The Morgan fingerprint density at radius 3 is 2.07 bits per heavy atom. The summed E-state index contributed by atoms with van der Waals surface area (Å²) in [6.07, 6.45) is 1.82. The first kappa shape index (κ1) is 33.8. The molecule has 13 nitrogen and oxygen atoms in total. The zero-order valence-corrected chi connectivity index (χ0v) is 26.8. The minimum atomic E-state index is -4.32. The molecule has 0 saturated heterocycles. The van der Waals surface area contributed by atoms with E-state index in [1.807, 2.05) is 24.3 Å². The predicted octanol–water partition coefficient (Wildman–Crippen LogP) is 7.67. The molecule has 0 bridgehead atoms. The lowest BCUT2D eigenvalue weighted by Gasteiger charge is -2.15. The molecular formula is C31H32N8O5S2. The van der Waals surface area contributed by atoms with E-state index in [0.29, 0.717) is 51.3 Å². The fourth-order valence-corrected chi connectivity index (χ4v) is 5.36. The van der Waals surface area contributed by atoms with Gasteiger partial charge in [0.15, 0.2) is 15.7 Å². The Balaban J connectivity index is 1.71. The average molecular weight is 661 g/mol. The van der Waals surface area contributed by atoms with Crippen molar-refractivity contribution in [1.29, 1.82) is 5.26 Å². The van der Waals surface area contributed by atoms with Crippen molar-refractivity contribution < 1.29 is 21.4 Å². The van der Waals surface area contributed by atoms with Crippen molar-refractivity contribution in [2.75, 3.05) is 29.5 Å². The summed E-state index contributed by atoms with van der Waals surface area (Å²) in [6, 6.07) is 18.3. The number of nitrogens with zero attached hydrogens (tertiary/aromatic N) is 6. The van der Waals surface area contributed by atoms with Gasteiger partial charge >= 0.3 is 0 Å². The van der Waals surface area contributed by atoms with Gasteiger partial charge in [0.2, 0.25) is 0 Å². The number of aromatic nitrogens is 1. The number of pyridine rings is 1. The average Bonchev–Trinajstić information content (AvgIpc) is 3.03. The third kappa shape index (κ3) is 8.36. The van der Waals surface area contributed by atoms with Gasteiger partial charge in [0.25, 0.3) is 10.1 Å². The monoisotopic (exact) mass is 660 g/mol. The van der Waals surface area contributed by atoms with Crippen molar-refractivity contribution in [3.8, 4) is 6.07 Å². The van der Waals surface area contributed by atoms with E-state index < -0.39 is 20.0 Å². The largest absolute Gasteiger partial charge is 0.369 e. The van der Waals surface area contributed by atoms with Gasteiger partial charge in [-0.2, -0.15) is 18.8 Å². The third-order valence-corrected chi connectivity index (χ3v) is 8.97. The Hall–Kier alpha value is -5.04. The van der Waals surface area contributed by atoms with E-state index in [4.69, 9.17) is 0 Å². The highest BCUT2D eigenvalue weighted by molar-refractivity contribution is 7.94. The van der Waals surface area contributed by atoms with Gasteiger partial charge in [0.1, 0.15) is 17.6 Å². The van der Waals surface area contributed by atoms with Gasteiger partial charge in [-0.1, -0.05) is 44.2 Å². The molecule has 0 fully saturated rings. The van der Waals surface area contributed by atoms with Crippen LogP contribution in [0.4, 0.5) is 34.4 Å². The number of hydrogen-bond acceptors (Lipinski definition) is 12. The molecule has 0 radical (unpaired) electrons. The van der Waals surface area contributed by atoms with Crippen LogP contribution in [0.15, 0.2) is 98.0 Å². The zero-order valence-electron chi connectivity index (χ0n) is 25.2. The summed E-state index contributed by atoms with van der Waals surface area (Å²) >= 11 is 0. The van der Waals surface area contributed by atoms with Crippen LogP contribution in [0.5, 0.6) is 0 Å². The molecule has 0 spiro atoms. The van der Waals surface area contributed by atoms with E-state index >= 15 is 0 Å². The van der Waals surface area contributed by atoms with E-state index in [9.17, 15) is 26.7 Å². The predicted molar refractivity (Wildman–Crippen MR) is 178 cm³/mol. The van der Waals surface area contributed by atoms with Crippen molar-refractivity contribution in [3.63, 3.8) is 0 Å². The lowest BCUT2D eigenvalue weighted by molar-refractivity contribution is 0.483. The number of hydrogen-bond donors (Lipinski definition) is 3. The van der Waals surface area contributed by atoms with E-state index in [1.165, 1.54) is 24.3 Å². The number of anilines is 2. The molecule has 238 valence electrons. The smallest absolute Gasteiger partial charge is 0.294 e. The summed E-state index contributed by atoms with van der Waals surface area (Å²) in [5.74, 6) is 0.431. The van der Waals surface area contributed by atoms with Crippen LogP contribution in [0.25, 0.3) is 10.8 Å². The topological polar surface area (TPSA) is 199 Å². The number of benzene rings is 3. The van der Waals surface area contributed by atoms with Crippen molar-refractivity contribution in [3.05, 3.63) is 83.8 Å². The lowest BCUT2D eigenvalue weighted by Crippen LogP contribution is -2.15. The number of nitrogens with one attached hydrogen (secondary N) is 2. The molecule has 0 aliphatic rings. The Morgan fingerprint density at radius 1 is 0.891 bits per heavy atom. The summed E-state index contributed by atoms with van der Waals surface area (Å²) in [6.45, 7) is 7.77. The standard InChI is InChI=1S/C31H32N8O5S2/c1-4-6-17-33-30-26(20-32)21(3)29(31(35-30)34-18-19-45(40,41)5-2)39-38-28-16-15-27(24-9-7-8-10-25(24)28)37-36-22-11-13-23(14-12-22)46(42,43)44/h5,7-16H,2,4,6,17-19H2,1,3H3,(H2,33,34,35)(H,42,43,44)/b37-36+,39-38+.